The molecule has 1 aromatic rings. The molecule has 2 unspecified atom stereocenters. The van der Waals surface area contributed by atoms with E-state index in [1.807, 2.05) is 6.07 Å². The highest BCUT2D eigenvalue weighted by atomic mass is 16.2. The highest BCUT2D eigenvalue weighted by Gasteiger charge is 2.32. The van der Waals surface area contributed by atoms with Gasteiger partial charge in [-0.15, -0.1) is 0 Å². The van der Waals surface area contributed by atoms with Crippen LogP contribution in [0.1, 0.15) is 30.5 Å². The summed E-state index contributed by atoms with van der Waals surface area (Å²) in [4.78, 5) is 17.4. The van der Waals surface area contributed by atoms with Gasteiger partial charge >= 0.3 is 0 Å². The zero-order valence-corrected chi connectivity index (χ0v) is 13.0. The zero-order valence-electron chi connectivity index (χ0n) is 13.0. The molecule has 21 heavy (non-hydrogen) atoms. The van der Waals surface area contributed by atoms with Gasteiger partial charge in [0.25, 0.3) is 0 Å². The molecule has 2 aliphatic heterocycles. The number of nitrogens with zero attached hydrogens (tertiary/aromatic N) is 2. The lowest BCUT2D eigenvalue weighted by atomic mass is 9.93. The first-order valence-corrected chi connectivity index (χ1v) is 7.97. The highest BCUT2D eigenvalue weighted by Crippen LogP contribution is 2.25. The molecule has 2 aliphatic rings. The van der Waals surface area contributed by atoms with Gasteiger partial charge in [0.1, 0.15) is 6.04 Å². The molecule has 2 atom stereocenters. The molecule has 0 aromatic heterocycles. The van der Waals surface area contributed by atoms with Gasteiger partial charge in [0.15, 0.2) is 0 Å². The van der Waals surface area contributed by atoms with Crippen molar-refractivity contribution in [1.82, 2.24) is 15.1 Å². The highest BCUT2D eigenvalue weighted by molar-refractivity contribution is 5.84. The van der Waals surface area contributed by atoms with Gasteiger partial charge in [0.05, 0.1) is 0 Å². The Balaban J connectivity index is 1.82. The molecule has 0 radical (unpaired) electrons. The molecule has 1 saturated heterocycles. The maximum atomic E-state index is 13.0. The van der Waals surface area contributed by atoms with Crippen LogP contribution in [0.3, 0.4) is 0 Å². The van der Waals surface area contributed by atoms with E-state index in [1.165, 1.54) is 11.1 Å². The first-order chi connectivity index (χ1) is 10.2. The predicted octanol–water partition coefficient (Wildman–Crippen LogP) is 1.43. The van der Waals surface area contributed by atoms with Crippen LogP contribution in [0.25, 0.3) is 0 Å². The molecule has 2 heterocycles. The fourth-order valence-corrected chi connectivity index (χ4v) is 3.59. The largest absolute Gasteiger partial charge is 0.337 e. The van der Waals surface area contributed by atoms with E-state index in [4.69, 9.17) is 0 Å². The van der Waals surface area contributed by atoms with Gasteiger partial charge in [-0.2, -0.15) is 0 Å². The fraction of sp³-hybridized carbons (Fsp3) is 0.588. The summed E-state index contributed by atoms with van der Waals surface area (Å²) in [5.41, 5.74) is 2.48. The second kappa shape index (κ2) is 6.16. The van der Waals surface area contributed by atoms with Crippen LogP contribution in [0.2, 0.25) is 0 Å². The summed E-state index contributed by atoms with van der Waals surface area (Å²) < 4.78 is 0. The fourth-order valence-electron chi connectivity index (χ4n) is 3.59. The first-order valence-electron chi connectivity index (χ1n) is 7.97. The van der Waals surface area contributed by atoms with E-state index in [2.05, 4.69) is 47.3 Å². The number of carbonyl (C=O) groups is 1. The van der Waals surface area contributed by atoms with Crippen molar-refractivity contribution < 1.29 is 4.79 Å². The third kappa shape index (κ3) is 2.97. The normalized spacial score (nSPS) is 27.0. The average molecular weight is 287 g/mol. The molecule has 0 saturated carbocycles. The Kier molecular flexibility index (Phi) is 4.27. The predicted molar refractivity (Wildman–Crippen MR) is 84.2 cm³/mol. The number of benzene rings is 1. The molecule has 3 rings (SSSR count). The number of hydrogen-bond acceptors (Lipinski definition) is 3. The minimum atomic E-state index is -0.166. The first kappa shape index (κ1) is 14.5. The Bertz CT molecular complexity index is 517. The maximum absolute atomic E-state index is 13.0. The van der Waals surface area contributed by atoms with E-state index in [-0.39, 0.29) is 18.0 Å². The molecular formula is C17H25N3O. The monoisotopic (exact) mass is 287 g/mol. The summed E-state index contributed by atoms with van der Waals surface area (Å²) in [6.07, 6.45) is 2.07. The van der Waals surface area contributed by atoms with Crippen LogP contribution >= 0.6 is 0 Å². The summed E-state index contributed by atoms with van der Waals surface area (Å²) >= 11 is 0. The molecule has 1 amide bonds. The molecular weight excluding hydrogens is 262 g/mol. The molecule has 114 valence electrons. The topological polar surface area (TPSA) is 35.6 Å². The SMILES string of the molecule is CC1CN(C)CCCN1C(=O)C1NCCc2ccccc21. The Hall–Kier alpha value is -1.39. The van der Waals surface area contributed by atoms with Crippen molar-refractivity contribution in [3.63, 3.8) is 0 Å². The zero-order chi connectivity index (χ0) is 14.8. The summed E-state index contributed by atoms with van der Waals surface area (Å²) in [6, 6.07) is 8.46. The number of fused-ring (bicyclic) bond motifs is 1. The van der Waals surface area contributed by atoms with Crippen LogP contribution in [0, 0.1) is 0 Å². The number of likely N-dealkylation sites (N-methyl/N-ethyl adjacent to an activating group) is 1. The van der Waals surface area contributed by atoms with Crippen molar-refractivity contribution in [1.29, 1.82) is 0 Å². The van der Waals surface area contributed by atoms with E-state index in [0.29, 0.717) is 0 Å². The van der Waals surface area contributed by atoms with Gasteiger partial charge in [0, 0.05) is 25.7 Å². The molecule has 4 nitrogen and oxygen atoms in total. The van der Waals surface area contributed by atoms with Crippen LogP contribution in [-0.4, -0.2) is 55.0 Å². The number of hydrogen-bond donors (Lipinski definition) is 1. The van der Waals surface area contributed by atoms with Crippen molar-refractivity contribution in [3.05, 3.63) is 35.4 Å². The summed E-state index contributed by atoms with van der Waals surface area (Å²) in [6.45, 7) is 5.94. The van der Waals surface area contributed by atoms with Crippen molar-refractivity contribution >= 4 is 5.91 Å². The van der Waals surface area contributed by atoms with Crippen molar-refractivity contribution in [2.45, 2.75) is 31.8 Å². The standard InChI is InChI=1S/C17H25N3O/c1-13-12-19(2)10-5-11-20(13)17(21)16-15-7-4-3-6-14(15)8-9-18-16/h3-4,6-7,13,16,18H,5,8-12H2,1-2H3. The van der Waals surface area contributed by atoms with Crippen LogP contribution in [-0.2, 0) is 11.2 Å². The minimum absolute atomic E-state index is 0.166. The van der Waals surface area contributed by atoms with Gasteiger partial charge in [-0.05, 0) is 44.5 Å². The van der Waals surface area contributed by atoms with Gasteiger partial charge in [-0.25, -0.2) is 0 Å². The van der Waals surface area contributed by atoms with Gasteiger partial charge in [-0.3, -0.25) is 4.79 Å². The number of amides is 1. The Labute approximate surface area is 127 Å². The van der Waals surface area contributed by atoms with Gasteiger partial charge in [0.2, 0.25) is 5.91 Å². The van der Waals surface area contributed by atoms with E-state index >= 15 is 0 Å². The lowest BCUT2D eigenvalue weighted by molar-refractivity contribution is -0.135. The third-order valence-electron chi connectivity index (χ3n) is 4.69. The quantitative estimate of drug-likeness (QED) is 0.849. The van der Waals surface area contributed by atoms with Crippen LogP contribution in [0.5, 0.6) is 0 Å². The Morgan fingerprint density at radius 3 is 2.95 bits per heavy atom. The van der Waals surface area contributed by atoms with Crippen LogP contribution < -0.4 is 5.32 Å². The van der Waals surface area contributed by atoms with E-state index in [1.54, 1.807) is 0 Å². The molecule has 1 aromatic carbocycles. The number of rotatable bonds is 1. The summed E-state index contributed by atoms with van der Waals surface area (Å²) in [7, 11) is 2.14. The lowest BCUT2D eigenvalue weighted by Crippen LogP contribution is -2.48. The molecule has 0 bridgehead atoms. The number of nitrogens with one attached hydrogen (secondary N) is 1. The van der Waals surface area contributed by atoms with E-state index in [9.17, 15) is 4.79 Å². The smallest absolute Gasteiger partial charge is 0.244 e. The molecule has 1 fully saturated rings. The van der Waals surface area contributed by atoms with E-state index < -0.39 is 0 Å². The van der Waals surface area contributed by atoms with E-state index in [0.717, 1.165) is 39.0 Å². The second-order valence-electron chi connectivity index (χ2n) is 6.33. The second-order valence-corrected chi connectivity index (χ2v) is 6.33. The maximum Gasteiger partial charge on any atom is 0.244 e. The average Bonchev–Trinajstić information content (AvgIpc) is 2.66. The Morgan fingerprint density at radius 2 is 2.10 bits per heavy atom. The summed E-state index contributed by atoms with van der Waals surface area (Å²) in [5, 5.41) is 3.42. The molecule has 0 spiro atoms. The lowest BCUT2D eigenvalue weighted by Gasteiger charge is -2.34. The van der Waals surface area contributed by atoms with Gasteiger partial charge in [-0.1, -0.05) is 24.3 Å². The van der Waals surface area contributed by atoms with Crippen LogP contribution in [0.4, 0.5) is 0 Å². The molecule has 1 N–H and O–H groups in total. The summed E-state index contributed by atoms with van der Waals surface area (Å²) in [5.74, 6) is 0.241. The third-order valence-corrected chi connectivity index (χ3v) is 4.69. The number of carbonyl (C=O) groups excluding carboxylic acids is 1. The van der Waals surface area contributed by atoms with Crippen molar-refractivity contribution in [2.75, 3.05) is 33.2 Å². The minimum Gasteiger partial charge on any atom is -0.337 e. The molecule has 0 aliphatic carbocycles. The molecule has 4 heteroatoms. The van der Waals surface area contributed by atoms with Gasteiger partial charge < -0.3 is 15.1 Å². The Morgan fingerprint density at radius 1 is 1.29 bits per heavy atom. The van der Waals surface area contributed by atoms with Crippen molar-refractivity contribution in [3.8, 4) is 0 Å². The van der Waals surface area contributed by atoms with Crippen molar-refractivity contribution in [2.24, 2.45) is 0 Å². The van der Waals surface area contributed by atoms with Crippen LogP contribution in [0.15, 0.2) is 24.3 Å².